The van der Waals surface area contributed by atoms with Gasteiger partial charge in [0.15, 0.2) is 0 Å². The van der Waals surface area contributed by atoms with Crippen molar-refractivity contribution in [2.75, 3.05) is 6.54 Å². The Morgan fingerprint density at radius 3 is 2.45 bits per heavy atom. The number of halogens is 1. The highest BCUT2D eigenvalue weighted by Crippen LogP contribution is 2.13. The second-order valence-electron chi connectivity index (χ2n) is 5.06. The van der Waals surface area contributed by atoms with E-state index in [0.717, 1.165) is 17.4 Å². The smallest absolute Gasteiger partial charge is 0.271 e. The summed E-state index contributed by atoms with van der Waals surface area (Å²) in [6.45, 7) is 2.97. The lowest BCUT2D eigenvalue weighted by Crippen LogP contribution is -2.25. The lowest BCUT2D eigenvalue weighted by atomic mass is 10.1. The monoisotopic (exact) mass is 340 g/mol. The molecule has 0 aromatic carbocycles. The molecule has 1 amide bonds. The Kier molecular flexibility index (Phi) is 9.29. The number of pyridine rings is 1. The second kappa shape index (κ2) is 10.8. The van der Waals surface area contributed by atoms with Gasteiger partial charge in [-0.15, -0.1) is 0 Å². The molecular formula is C16H25BrN2O. The highest BCUT2D eigenvalue weighted by Gasteiger charge is 2.09. The first-order valence-corrected chi connectivity index (χ1v) is 8.43. The van der Waals surface area contributed by atoms with E-state index in [4.69, 9.17) is 0 Å². The minimum Gasteiger partial charge on any atom is -0.351 e. The maximum Gasteiger partial charge on any atom is 0.271 e. The van der Waals surface area contributed by atoms with Crippen molar-refractivity contribution in [1.82, 2.24) is 10.3 Å². The standard InChI is InChI=1S/C16H25BrN2O/c1-2-3-4-5-6-7-8-9-12-19-16(20)15-14(17)11-10-13-18-15/h10-11,13H,2-9,12H2,1H3,(H,19,20). The summed E-state index contributed by atoms with van der Waals surface area (Å²) in [5.41, 5.74) is 0.465. The Hall–Kier alpha value is -0.900. The molecule has 0 saturated heterocycles. The average molecular weight is 341 g/mol. The van der Waals surface area contributed by atoms with E-state index in [2.05, 4.69) is 33.2 Å². The molecule has 0 fully saturated rings. The highest BCUT2D eigenvalue weighted by atomic mass is 79.9. The number of aromatic nitrogens is 1. The van der Waals surface area contributed by atoms with Crippen molar-refractivity contribution in [3.63, 3.8) is 0 Å². The fraction of sp³-hybridized carbons (Fsp3) is 0.625. The molecule has 0 aliphatic heterocycles. The number of carbonyl (C=O) groups is 1. The molecule has 1 rings (SSSR count). The Morgan fingerprint density at radius 1 is 1.15 bits per heavy atom. The summed E-state index contributed by atoms with van der Waals surface area (Å²) in [7, 11) is 0. The second-order valence-corrected chi connectivity index (χ2v) is 5.92. The Morgan fingerprint density at radius 2 is 1.80 bits per heavy atom. The molecule has 3 nitrogen and oxygen atoms in total. The summed E-state index contributed by atoms with van der Waals surface area (Å²) >= 11 is 3.34. The quantitative estimate of drug-likeness (QED) is 0.626. The molecule has 0 radical (unpaired) electrons. The van der Waals surface area contributed by atoms with Gasteiger partial charge in [0, 0.05) is 17.2 Å². The van der Waals surface area contributed by atoms with Gasteiger partial charge < -0.3 is 5.32 Å². The Balaban J connectivity index is 2.04. The van der Waals surface area contributed by atoms with Crippen LogP contribution in [0.4, 0.5) is 0 Å². The fourth-order valence-corrected chi connectivity index (χ4v) is 2.53. The number of hydrogen-bond donors (Lipinski definition) is 1. The van der Waals surface area contributed by atoms with Crippen LogP contribution in [-0.2, 0) is 0 Å². The number of carbonyl (C=O) groups excluding carboxylic acids is 1. The molecular weight excluding hydrogens is 316 g/mol. The van der Waals surface area contributed by atoms with Gasteiger partial charge in [-0.2, -0.15) is 0 Å². The Bertz CT molecular complexity index is 396. The molecule has 0 saturated carbocycles. The van der Waals surface area contributed by atoms with Crippen molar-refractivity contribution in [3.05, 3.63) is 28.5 Å². The first-order chi connectivity index (χ1) is 9.75. The Labute approximate surface area is 130 Å². The van der Waals surface area contributed by atoms with Gasteiger partial charge in [-0.05, 0) is 34.5 Å². The number of nitrogens with one attached hydrogen (secondary N) is 1. The van der Waals surface area contributed by atoms with Crippen LogP contribution in [0.3, 0.4) is 0 Å². The summed E-state index contributed by atoms with van der Waals surface area (Å²) in [6, 6.07) is 3.64. The molecule has 0 unspecified atom stereocenters. The van der Waals surface area contributed by atoms with Crippen LogP contribution in [0.15, 0.2) is 22.8 Å². The van der Waals surface area contributed by atoms with Crippen molar-refractivity contribution >= 4 is 21.8 Å². The largest absolute Gasteiger partial charge is 0.351 e. The van der Waals surface area contributed by atoms with Gasteiger partial charge in [0.2, 0.25) is 0 Å². The maximum absolute atomic E-state index is 11.9. The zero-order chi connectivity index (χ0) is 14.6. The van der Waals surface area contributed by atoms with E-state index in [1.54, 1.807) is 12.3 Å². The first kappa shape index (κ1) is 17.2. The zero-order valence-corrected chi connectivity index (χ0v) is 13.9. The lowest BCUT2D eigenvalue weighted by Gasteiger charge is -2.06. The van der Waals surface area contributed by atoms with Crippen LogP contribution in [0, 0.1) is 0 Å². The lowest BCUT2D eigenvalue weighted by molar-refractivity contribution is 0.0947. The predicted molar refractivity (Wildman–Crippen MR) is 86.9 cm³/mol. The molecule has 0 atom stereocenters. The summed E-state index contributed by atoms with van der Waals surface area (Å²) in [4.78, 5) is 15.9. The molecule has 0 spiro atoms. The van der Waals surface area contributed by atoms with Gasteiger partial charge in [0.25, 0.3) is 5.91 Å². The summed E-state index contributed by atoms with van der Waals surface area (Å²) in [5, 5.41) is 2.92. The van der Waals surface area contributed by atoms with E-state index >= 15 is 0 Å². The molecule has 1 aromatic heterocycles. The van der Waals surface area contributed by atoms with Crippen LogP contribution >= 0.6 is 15.9 Å². The van der Waals surface area contributed by atoms with E-state index in [1.165, 1.54) is 44.9 Å². The predicted octanol–water partition coefficient (Wildman–Crippen LogP) is 4.71. The van der Waals surface area contributed by atoms with Crippen molar-refractivity contribution in [1.29, 1.82) is 0 Å². The van der Waals surface area contributed by atoms with Gasteiger partial charge in [0.05, 0.1) is 0 Å². The van der Waals surface area contributed by atoms with Gasteiger partial charge in [-0.3, -0.25) is 4.79 Å². The molecule has 0 aliphatic rings. The van der Waals surface area contributed by atoms with Crippen molar-refractivity contribution in [3.8, 4) is 0 Å². The first-order valence-electron chi connectivity index (χ1n) is 7.64. The molecule has 1 N–H and O–H groups in total. The maximum atomic E-state index is 11.9. The van der Waals surface area contributed by atoms with Gasteiger partial charge in [-0.1, -0.05) is 51.9 Å². The van der Waals surface area contributed by atoms with Crippen LogP contribution in [0.1, 0.15) is 68.8 Å². The normalized spacial score (nSPS) is 10.5. The number of rotatable bonds is 10. The molecule has 20 heavy (non-hydrogen) atoms. The molecule has 0 bridgehead atoms. The minimum absolute atomic E-state index is 0.0968. The third kappa shape index (κ3) is 7.04. The van der Waals surface area contributed by atoms with Crippen LogP contribution in [0.25, 0.3) is 0 Å². The number of amides is 1. The van der Waals surface area contributed by atoms with Crippen molar-refractivity contribution < 1.29 is 4.79 Å². The van der Waals surface area contributed by atoms with E-state index in [-0.39, 0.29) is 5.91 Å². The molecule has 1 aromatic rings. The third-order valence-corrected chi connectivity index (χ3v) is 3.93. The van der Waals surface area contributed by atoms with Gasteiger partial charge in [0.1, 0.15) is 5.69 Å². The van der Waals surface area contributed by atoms with Crippen molar-refractivity contribution in [2.45, 2.75) is 58.3 Å². The van der Waals surface area contributed by atoms with E-state index in [0.29, 0.717) is 5.69 Å². The molecule has 1 heterocycles. The molecule has 0 aliphatic carbocycles. The number of hydrogen-bond acceptors (Lipinski definition) is 2. The highest BCUT2D eigenvalue weighted by molar-refractivity contribution is 9.10. The van der Waals surface area contributed by atoms with Crippen LogP contribution in [-0.4, -0.2) is 17.4 Å². The summed E-state index contributed by atoms with van der Waals surface area (Å²) < 4.78 is 0.744. The zero-order valence-electron chi connectivity index (χ0n) is 12.3. The number of unbranched alkanes of at least 4 members (excludes halogenated alkanes) is 7. The van der Waals surface area contributed by atoms with Crippen LogP contribution < -0.4 is 5.32 Å². The minimum atomic E-state index is -0.0968. The topological polar surface area (TPSA) is 42.0 Å². The van der Waals surface area contributed by atoms with Gasteiger partial charge in [-0.25, -0.2) is 4.98 Å². The van der Waals surface area contributed by atoms with E-state index in [9.17, 15) is 4.79 Å². The summed E-state index contributed by atoms with van der Waals surface area (Å²) in [5.74, 6) is -0.0968. The third-order valence-electron chi connectivity index (χ3n) is 3.29. The van der Waals surface area contributed by atoms with Crippen LogP contribution in [0.5, 0.6) is 0 Å². The molecule has 112 valence electrons. The van der Waals surface area contributed by atoms with Gasteiger partial charge >= 0.3 is 0 Å². The van der Waals surface area contributed by atoms with E-state index in [1.807, 2.05) is 6.07 Å². The molecule has 4 heteroatoms. The summed E-state index contributed by atoms with van der Waals surface area (Å²) in [6.07, 6.45) is 11.8. The van der Waals surface area contributed by atoms with Crippen LogP contribution in [0.2, 0.25) is 0 Å². The van der Waals surface area contributed by atoms with E-state index < -0.39 is 0 Å². The average Bonchev–Trinajstić information content (AvgIpc) is 2.46. The number of nitrogens with zero attached hydrogens (tertiary/aromatic N) is 1. The SMILES string of the molecule is CCCCCCCCCCNC(=O)c1ncccc1Br. The fourth-order valence-electron chi connectivity index (χ4n) is 2.10. The van der Waals surface area contributed by atoms with Crippen molar-refractivity contribution in [2.24, 2.45) is 0 Å².